The van der Waals surface area contributed by atoms with E-state index in [0.717, 1.165) is 43.1 Å². The average Bonchev–Trinajstić information content (AvgIpc) is 2.42. The second-order valence-corrected chi connectivity index (χ2v) is 4.69. The van der Waals surface area contributed by atoms with Gasteiger partial charge in [-0.2, -0.15) is 0 Å². The van der Waals surface area contributed by atoms with E-state index in [1.54, 1.807) is 7.11 Å². The molecule has 0 saturated carbocycles. The number of hydrogen-bond acceptors (Lipinski definition) is 3. The highest BCUT2D eigenvalue weighted by Crippen LogP contribution is 2.27. The van der Waals surface area contributed by atoms with Crippen LogP contribution in [0.1, 0.15) is 17.2 Å². The first-order valence-electron chi connectivity index (χ1n) is 6.41. The van der Waals surface area contributed by atoms with Crippen LogP contribution in [0.15, 0.2) is 18.2 Å². The average molecular weight is 289 g/mol. The number of piperazine rings is 1. The van der Waals surface area contributed by atoms with Crippen molar-refractivity contribution < 1.29 is 9.13 Å². The highest BCUT2D eigenvalue weighted by atomic mass is 35.5. The molecule has 1 heterocycles. The molecule has 1 saturated heterocycles. The van der Waals surface area contributed by atoms with Crippen LogP contribution < -0.4 is 10.1 Å². The van der Waals surface area contributed by atoms with Gasteiger partial charge in [0.2, 0.25) is 0 Å². The van der Waals surface area contributed by atoms with Crippen LogP contribution in [0, 0.1) is 6.92 Å². The van der Waals surface area contributed by atoms with Gasteiger partial charge in [-0.1, -0.05) is 12.1 Å². The second-order valence-electron chi connectivity index (χ2n) is 4.69. The molecule has 1 aromatic rings. The number of methoxy groups -OCH3 is 1. The van der Waals surface area contributed by atoms with Crippen molar-refractivity contribution in [2.45, 2.75) is 13.0 Å². The lowest BCUT2D eigenvalue weighted by atomic mass is 10.0. The molecule has 1 atom stereocenters. The molecule has 1 aliphatic rings. The van der Waals surface area contributed by atoms with E-state index in [2.05, 4.69) is 10.2 Å². The molecule has 2 rings (SSSR count). The molecule has 1 N–H and O–H groups in total. The zero-order valence-electron chi connectivity index (χ0n) is 11.5. The summed E-state index contributed by atoms with van der Waals surface area (Å²) in [4.78, 5) is 2.20. The molecule has 1 aliphatic heterocycles. The molecule has 0 bridgehead atoms. The normalized spacial score (nSPS) is 17.6. The number of benzene rings is 1. The zero-order chi connectivity index (χ0) is 13.0. The number of aryl methyl sites for hydroxylation is 1. The van der Waals surface area contributed by atoms with Crippen molar-refractivity contribution in [3.8, 4) is 5.75 Å². The van der Waals surface area contributed by atoms with Gasteiger partial charge in [0, 0.05) is 26.2 Å². The minimum absolute atomic E-state index is 0. The molecule has 0 radical (unpaired) electrons. The molecule has 5 heteroatoms. The summed E-state index contributed by atoms with van der Waals surface area (Å²) in [6.07, 6.45) is 0. The summed E-state index contributed by atoms with van der Waals surface area (Å²) in [6.45, 7) is 5.29. The lowest BCUT2D eigenvalue weighted by Crippen LogP contribution is -2.45. The van der Waals surface area contributed by atoms with E-state index < -0.39 is 0 Å². The Morgan fingerprint density at radius 3 is 2.63 bits per heavy atom. The standard InChI is InChI=1S/C14H21FN2O.ClH/c1-11-3-4-12(9-14(11)18-2)13(10-15)17-7-5-16-6-8-17;/h3-4,9,13,16H,5-8,10H2,1-2H3;1H/t13-;/m1./s1. The molecule has 1 aromatic carbocycles. The Labute approximate surface area is 120 Å². The van der Waals surface area contributed by atoms with Crippen LogP contribution in [0.4, 0.5) is 4.39 Å². The maximum atomic E-state index is 13.4. The summed E-state index contributed by atoms with van der Waals surface area (Å²) in [7, 11) is 1.65. The van der Waals surface area contributed by atoms with Crippen molar-refractivity contribution in [3.05, 3.63) is 29.3 Å². The summed E-state index contributed by atoms with van der Waals surface area (Å²) >= 11 is 0. The van der Waals surface area contributed by atoms with E-state index in [0.29, 0.717) is 0 Å². The number of rotatable bonds is 4. The van der Waals surface area contributed by atoms with Crippen LogP contribution in [-0.2, 0) is 0 Å². The van der Waals surface area contributed by atoms with Crippen molar-refractivity contribution in [3.63, 3.8) is 0 Å². The lowest BCUT2D eigenvalue weighted by Gasteiger charge is -2.33. The Morgan fingerprint density at radius 2 is 2.05 bits per heavy atom. The Kier molecular flexibility index (Phi) is 6.55. The van der Waals surface area contributed by atoms with Crippen LogP contribution in [-0.4, -0.2) is 44.9 Å². The number of alkyl halides is 1. The van der Waals surface area contributed by atoms with E-state index in [-0.39, 0.29) is 25.1 Å². The van der Waals surface area contributed by atoms with Gasteiger partial charge in [-0.05, 0) is 24.1 Å². The summed E-state index contributed by atoms with van der Waals surface area (Å²) in [5, 5.41) is 3.29. The molecule has 0 aromatic heterocycles. The van der Waals surface area contributed by atoms with Gasteiger partial charge in [-0.15, -0.1) is 12.4 Å². The summed E-state index contributed by atoms with van der Waals surface area (Å²) in [5.41, 5.74) is 2.08. The third kappa shape index (κ3) is 3.81. The Morgan fingerprint density at radius 1 is 1.37 bits per heavy atom. The SMILES string of the molecule is COc1cc([C@@H](CF)N2CCNCC2)ccc1C.Cl. The monoisotopic (exact) mass is 288 g/mol. The smallest absolute Gasteiger partial charge is 0.122 e. The second kappa shape index (κ2) is 7.68. The first kappa shape index (κ1) is 16.2. The van der Waals surface area contributed by atoms with Crippen LogP contribution in [0.2, 0.25) is 0 Å². The maximum absolute atomic E-state index is 13.4. The van der Waals surface area contributed by atoms with Crippen molar-refractivity contribution >= 4 is 12.4 Å². The van der Waals surface area contributed by atoms with Gasteiger partial charge in [-0.25, -0.2) is 4.39 Å². The van der Waals surface area contributed by atoms with Crippen molar-refractivity contribution in [1.82, 2.24) is 10.2 Å². The zero-order valence-corrected chi connectivity index (χ0v) is 12.3. The number of hydrogen-bond donors (Lipinski definition) is 1. The fourth-order valence-corrected chi connectivity index (χ4v) is 2.44. The third-order valence-corrected chi connectivity index (χ3v) is 3.56. The minimum Gasteiger partial charge on any atom is -0.496 e. The number of ether oxygens (including phenoxy) is 1. The largest absolute Gasteiger partial charge is 0.496 e. The van der Waals surface area contributed by atoms with Crippen LogP contribution in [0.25, 0.3) is 0 Å². The molecule has 0 amide bonds. The summed E-state index contributed by atoms with van der Waals surface area (Å²) < 4.78 is 18.7. The molecule has 19 heavy (non-hydrogen) atoms. The molecule has 108 valence electrons. The minimum atomic E-state index is -0.355. The molecule has 0 unspecified atom stereocenters. The van der Waals surface area contributed by atoms with Gasteiger partial charge >= 0.3 is 0 Å². The topological polar surface area (TPSA) is 24.5 Å². The van der Waals surface area contributed by atoms with Gasteiger partial charge in [0.25, 0.3) is 0 Å². The van der Waals surface area contributed by atoms with Crippen LogP contribution in [0.3, 0.4) is 0 Å². The maximum Gasteiger partial charge on any atom is 0.122 e. The highest BCUT2D eigenvalue weighted by Gasteiger charge is 2.22. The molecule has 3 nitrogen and oxygen atoms in total. The quantitative estimate of drug-likeness (QED) is 0.920. The fourth-order valence-electron chi connectivity index (χ4n) is 2.44. The van der Waals surface area contributed by atoms with Crippen molar-refractivity contribution in [2.75, 3.05) is 40.0 Å². The van der Waals surface area contributed by atoms with Crippen LogP contribution in [0.5, 0.6) is 5.75 Å². The Bertz CT molecular complexity index is 397. The number of halogens is 2. The van der Waals surface area contributed by atoms with Gasteiger partial charge in [0.1, 0.15) is 12.4 Å². The lowest BCUT2D eigenvalue weighted by molar-refractivity contribution is 0.147. The van der Waals surface area contributed by atoms with Crippen molar-refractivity contribution in [2.24, 2.45) is 0 Å². The first-order chi connectivity index (χ1) is 8.76. The number of nitrogens with one attached hydrogen (secondary N) is 1. The molecule has 0 aliphatic carbocycles. The molecular formula is C14H22ClFN2O. The van der Waals surface area contributed by atoms with Gasteiger partial charge in [-0.3, -0.25) is 4.90 Å². The van der Waals surface area contributed by atoms with E-state index in [9.17, 15) is 4.39 Å². The van der Waals surface area contributed by atoms with Gasteiger partial charge in [0.15, 0.2) is 0 Å². The first-order valence-corrected chi connectivity index (χ1v) is 6.41. The summed E-state index contributed by atoms with van der Waals surface area (Å²) in [5.74, 6) is 0.834. The van der Waals surface area contributed by atoms with E-state index in [1.807, 2.05) is 25.1 Å². The predicted octanol–water partition coefficient (Wildman–Crippen LogP) is 2.34. The Hall–Kier alpha value is -0.840. The van der Waals surface area contributed by atoms with Gasteiger partial charge < -0.3 is 10.1 Å². The molecular weight excluding hydrogens is 267 g/mol. The fraction of sp³-hybridized carbons (Fsp3) is 0.571. The molecule has 0 spiro atoms. The predicted molar refractivity (Wildman–Crippen MR) is 78.1 cm³/mol. The van der Waals surface area contributed by atoms with E-state index >= 15 is 0 Å². The van der Waals surface area contributed by atoms with Crippen LogP contribution >= 0.6 is 12.4 Å². The molecule has 1 fully saturated rings. The van der Waals surface area contributed by atoms with Gasteiger partial charge in [0.05, 0.1) is 13.2 Å². The van der Waals surface area contributed by atoms with Crippen molar-refractivity contribution in [1.29, 1.82) is 0 Å². The third-order valence-electron chi connectivity index (χ3n) is 3.56. The number of nitrogens with zero attached hydrogens (tertiary/aromatic N) is 1. The highest BCUT2D eigenvalue weighted by molar-refractivity contribution is 5.85. The Balaban J connectivity index is 0.00000180. The van der Waals surface area contributed by atoms with E-state index in [1.165, 1.54) is 0 Å². The van der Waals surface area contributed by atoms with E-state index in [4.69, 9.17) is 4.74 Å². The summed E-state index contributed by atoms with van der Waals surface area (Å²) in [6, 6.07) is 5.81.